The van der Waals surface area contributed by atoms with Crippen LogP contribution in [0.15, 0.2) is 59.5 Å². The van der Waals surface area contributed by atoms with Gasteiger partial charge in [0, 0.05) is 18.4 Å². The van der Waals surface area contributed by atoms with E-state index in [2.05, 4.69) is 10.6 Å². The monoisotopic (exact) mass is 388 g/mol. The summed E-state index contributed by atoms with van der Waals surface area (Å²) in [6.07, 6.45) is 0.113. The highest BCUT2D eigenvalue weighted by Crippen LogP contribution is 2.22. The number of carbonyl (C=O) groups is 3. The topological polar surface area (TPSA) is 102 Å². The van der Waals surface area contributed by atoms with Gasteiger partial charge in [-0.3, -0.25) is 14.3 Å². The van der Waals surface area contributed by atoms with Crippen molar-refractivity contribution in [2.24, 2.45) is 0 Å². The minimum Gasteiger partial charge on any atom is -0.444 e. The lowest BCUT2D eigenvalue weighted by Gasteiger charge is -2.18. The molecule has 0 aliphatic heterocycles. The zero-order valence-corrected chi connectivity index (χ0v) is 15.7. The largest absolute Gasteiger partial charge is 0.444 e. The molecule has 2 N–H and O–H groups in total. The second-order valence-corrected chi connectivity index (χ2v) is 6.84. The summed E-state index contributed by atoms with van der Waals surface area (Å²) in [5.74, 6) is -1.59. The van der Waals surface area contributed by atoms with Crippen LogP contribution in [0.3, 0.4) is 0 Å². The van der Waals surface area contributed by atoms with Crippen molar-refractivity contribution >= 4 is 28.7 Å². The lowest BCUT2D eigenvalue weighted by atomic mass is 10.1. The molecule has 2 rings (SSSR count). The number of benzene rings is 2. The van der Waals surface area contributed by atoms with Gasteiger partial charge < -0.3 is 10.1 Å². The molecule has 7 nitrogen and oxygen atoms in total. The first kappa shape index (κ1) is 20.3. The summed E-state index contributed by atoms with van der Waals surface area (Å²) in [4.78, 5) is 37.1. The summed E-state index contributed by atoms with van der Waals surface area (Å²) >= 11 is 0. The number of nitrogens with one attached hydrogen (secondary N) is 2. The van der Waals surface area contributed by atoms with Crippen LogP contribution in [0.5, 0.6) is 0 Å². The van der Waals surface area contributed by atoms with E-state index >= 15 is 0 Å². The molecule has 0 unspecified atom stereocenters. The standard InChI is InChI=1S/C19H20N2O5S/c1-3-20-19(24)21-17(22)16(13-9-5-4-6-10-13)26-18(23)14-11-7-8-12-15(14)27(2)25/h4-12,16H,3H2,1-2H3,(H2,20,21,22,24)/t16-,27+/m1/s1. The number of hydrogen-bond donors (Lipinski definition) is 2. The van der Waals surface area contributed by atoms with Gasteiger partial charge in [0.15, 0.2) is 0 Å². The Balaban J connectivity index is 2.30. The van der Waals surface area contributed by atoms with E-state index in [0.29, 0.717) is 17.0 Å². The van der Waals surface area contributed by atoms with Crippen LogP contribution in [0.4, 0.5) is 4.79 Å². The molecule has 8 heteroatoms. The number of esters is 1. The molecule has 0 radical (unpaired) electrons. The van der Waals surface area contributed by atoms with E-state index in [1.807, 2.05) is 0 Å². The Morgan fingerprint density at radius 2 is 1.67 bits per heavy atom. The smallest absolute Gasteiger partial charge is 0.340 e. The fourth-order valence-corrected chi connectivity index (χ4v) is 3.07. The van der Waals surface area contributed by atoms with Crippen molar-refractivity contribution in [1.29, 1.82) is 0 Å². The maximum absolute atomic E-state index is 12.6. The maximum Gasteiger partial charge on any atom is 0.340 e. The van der Waals surface area contributed by atoms with Crippen LogP contribution < -0.4 is 10.6 Å². The molecule has 0 bridgehead atoms. The molecule has 27 heavy (non-hydrogen) atoms. The van der Waals surface area contributed by atoms with Crippen LogP contribution in [-0.2, 0) is 20.3 Å². The fraction of sp³-hybridized carbons (Fsp3) is 0.211. The summed E-state index contributed by atoms with van der Waals surface area (Å²) in [7, 11) is -1.41. The number of urea groups is 1. The predicted octanol–water partition coefficient (Wildman–Crippen LogP) is 2.17. The number of amides is 3. The van der Waals surface area contributed by atoms with Crippen LogP contribution >= 0.6 is 0 Å². The van der Waals surface area contributed by atoms with Crippen LogP contribution in [0, 0.1) is 0 Å². The Morgan fingerprint density at radius 1 is 1.04 bits per heavy atom. The number of hydrogen-bond acceptors (Lipinski definition) is 5. The van der Waals surface area contributed by atoms with E-state index in [1.54, 1.807) is 55.5 Å². The van der Waals surface area contributed by atoms with Gasteiger partial charge in [0.1, 0.15) is 0 Å². The first-order valence-corrected chi connectivity index (χ1v) is 9.77. The van der Waals surface area contributed by atoms with Crippen molar-refractivity contribution in [3.8, 4) is 0 Å². The Morgan fingerprint density at radius 3 is 2.30 bits per heavy atom. The van der Waals surface area contributed by atoms with Gasteiger partial charge in [-0.15, -0.1) is 0 Å². The fourth-order valence-electron chi connectivity index (χ4n) is 2.34. The average Bonchev–Trinajstić information content (AvgIpc) is 2.66. The number of rotatable bonds is 6. The predicted molar refractivity (Wildman–Crippen MR) is 101 cm³/mol. The molecule has 0 saturated carbocycles. The van der Waals surface area contributed by atoms with Crippen LogP contribution in [0.2, 0.25) is 0 Å². The first-order valence-electron chi connectivity index (χ1n) is 8.21. The van der Waals surface area contributed by atoms with Crippen molar-refractivity contribution in [3.63, 3.8) is 0 Å². The Hall–Kier alpha value is -3.00. The number of imide groups is 1. The van der Waals surface area contributed by atoms with Crippen LogP contribution in [-0.4, -0.2) is 34.9 Å². The van der Waals surface area contributed by atoms with Crippen molar-refractivity contribution in [1.82, 2.24) is 10.6 Å². The van der Waals surface area contributed by atoms with Gasteiger partial charge in [0.05, 0.1) is 21.3 Å². The van der Waals surface area contributed by atoms with Gasteiger partial charge in [-0.1, -0.05) is 42.5 Å². The average molecular weight is 388 g/mol. The Kier molecular flexibility index (Phi) is 7.25. The molecular weight excluding hydrogens is 368 g/mol. The molecule has 0 aliphatic rings. The lowest BCUT2D eigenvalue weighted by molar-refractivity contribution is -0.129. The summed E-state index contributed by atoms with van der Waals surface area (Å²) in [6.45, 7) is 2.05. The SMILES string of the molecule is CCNC(=O)NC(=O)[C@H](OC(=O)c1ccccc1[S@](C)=O)c1ccccc1. The lowest BCUT2D eigenvalue weighted by Crippen LogP contribution is -2.42. The van der Waals surface area contributed by atoms with Crippen molar-refractivity contribution in [2.45, 2.75) is 17.9 Å². The Bertz CT molecular complexity index is 854. The van der Waals surface area contributed by atoms with E-state index in [0.717, 1.165) is 0 Å². The first-order chi connectivity index (χ1) is 12.9. The molecule has 2 aromatic rings. The third kappa shape index (κ3) is 5.49. The zero-order chi connectivity index (χ0) is 19.8. The second kappa shape index (κ2) is 9.63. The van der Waals surface area contributed by atoms with Crippen molar-refractivity contribution in [3.05, 3.63) is 65.7 Å². The number of carbonyl (C=O) groups excluding carboxylic acids is 3. The van der Waals surface area contributed by atoms with Crippen molar-refractivity contribution in [2.75, 3.05) is 12.8 Å². The molecular formula is C19H20N2O5S. The zero-order valence-electron chi connectivity index (χ0n) is 14.9. The number of ether oxygens (including phenoxy) is 1. The maximum atomic E-state index is 12.6. The van der Waals surface area contributed by atoms with Gasteiger partial charge >= 0.3 is 12.0 Å². The molecule has 0 spiro atoms. The molecule has 142 valence electrons. The molecule has 3 amide bonds. The summed E-state index contributed by atoms with van der Waals surface area (Å²) in [5, 5.41) is 4.59. The third-order valence-corrected chi connectivity index (χ3v) is 4.53. The molecule has 0 saturated heterocycles. The molecule has 2 atom stereocenters. The summed E-state index contributed by atoms with van der Waals surface area (Å²) in [6, 6.07) is 14.0. The molecule has 0 aliphatic carbocycles. The Labute approximate surface area is 159 Å². The molecule has 0 heterocycles. The molecule has 2 aromatic carbocycles. The molecule has 0 aromatic heterocycles. The highest BCUT2D eigenvalue weighted by molar-refractivity contribution is 7.84. The van der Waals surface area contributed by atoms with Crippen LogP contribution in [0.1, 0.15) is 28.9 Å². The van der Waals surface area contributed by atoms with Gasteiger partial charge in [-0.05, 0) is 19.1 Å². The van der Waals surface area contributed by atoms with E-state index < -0.39 is 34.8 Å². The van der Waals surface area contributed by atoms with E-state index in [-0.39, 0.29) is 5.56 Å². The van der Waals surface area contributed by atoms with Crippen LogP contribution in [0.25, 0.3) is 0 Å². The quantitative estimate of drug-likeness (QED) is 0.739. The second-order valence-electron chi connectivity index (χ2n) is 5.50. The highest BCUT2D eigenvalue weighted by Gasteiger charge is 2.28. The van der Waals surface area contributed by atoms with Gasteiger partial charge in [-0.2, -0.15) is 0 Å². The van der Waals surface area contributed by atoms with E-state index in [9.17, 15) is 18.6 Å². The van der Waals surface area contributed by atoms with E-state index in [4.69, 9.17) is 4.74 Å². The minimum absolute atomic E-state index is 0.102. The van der Waals surface area contributed by atoms with E-state index in [1.165, 1.54) is 12.3 Å². The third-order valence-electron chi connectivity index (χ3n) is 3.56. The highest BCUT2D eigenvalue weighted by atomic mass is 32.2. The summed E-state index contributed by atoms with van der Waals surface area (Å²) in [5.41, 5.74) is 0.507. The minimum atomic E-state index is -1.41. The van der Waals surface area contributed by atoms with Crippen molar-refractivity contribution < 1.29 is 23.3 Å². The van der Waals surface area contributed by atoms with Gasteiger partial charge in [-0.25, -0.2) is 9.59 Å². The van der Waals surface area contributed by atoms with Gasteiger partial charge in [0.2, 0.25) is 6.10 Å². The normalized spacial score (nSPS) is 12.5. The summed E-state index contributed by atoms with van der Waals surface area (Å²) < 4.78 is 17.2. The van der Waals surface area contributed by atoms with Gasteiger partial charge in [0.25, 0.3) is 5.91 Å². The molecule has 0 fully saturated rings.